The van der Waals surface area contributed by atoms with Gasteiger partial charge < -0.3 is 0 Å². The van der Waals surface area contributed by atoms with Gasteiger partial charge >= 0.3 is 0 Å². The molecule has 0 aliphatic carbocycles. The molecule has 0 amide bonds. The van der Waals surface area contributed by atoms with Gasteiger partial charge in [0, 0.05) is 0 Å². The van der Waals surface area contributed by atoms with Crippen molar-refractivity contribution in [2.45, 2.75) is 0 Å². The Bertz CT molecular complexity index is 2780. The molecule has 0 aliphatic rings. The van der Waals surface area contributed by atoms with E-state index in [0.29, 0.717) is 0 Å². The lowest BCUT2D eigenvalue weighted by molar-refractivity contribution is 1.64. The zero-order chi connectivity index (χ0) is 31.6. The molecule has 0 saturated carbocycles. The van der Waals surface area contributed by atoms with Gasteiger partial charge in [0.05, 0.1) is 0 Å². The molecule has 48 heavy (non-hydrogen) atoms. The molecule has 10 rings (SSSR count). The van der Waals surface area contributed by atoms with Crippen LogP contribution < -0.4 is 0 Å². The Morgan fingerprint density at radius 3 is 1.27 bits per heavy atom. The molecular weight excluding hydrogens is 577 g/mol. The van der Waals surface area contributed by atoms with Gasteiger partial charge in [-0.3, -0.25) is 0 Å². The molecule has 0 aromatic heterocycles. The SMILES string of the molecule is c1ccc(-c2ccc3c4ccccc4c4ccccc4c3c2-c2c3ccccc3c(-c3cccc4ccccc34)c3ccccc23)cc1. The van der Waals surface area contributed by atoms with Gasteiger partial charge in [0.15, 0.2) is 0 Å². The van der Waals surface area contributed by atoms with Gasteiger partial charge in [-0.05, 0) is 98.0 Å². The van der Waals surface area contributed by atoms with Crippen LogP contribution in [0.3, 0.4) is 0 Å². The number of hydrogen-bond donors (Lipinski definition) is 0. The van der Waals surface area contributed by atoms with Crippen molar-refractivity contribution in [3.8, 4) is 33.4 Å². The van der Waals surface area contributed by atoms with E-state index in [1.807, 2.05) is 0 Å². The molecule has 0 heteroatoms. The van der Waals surface area contributed by atoms with Gasteiger partial charge in [0.2, 0.25) is 0 Å². The molecule has 0 N–H and O–H groups in total. The normalized spacial score (nSPS) is 11.8. The van der Waals surface area contributed by atoms with Crippen LogP contribution in [0.1, 0.15) is 0 Å². The number of rotatable bonds is 3. The highest BCUT2D eigenvalue weighted by Crippen LogP contribution is 2.51. The minimum atomic E-state index is 1.22. The minimum absolute atomic E-state index is 1.22. The molecule has 222 valence electrons. The Morgan fingerprint density at radius 2 is 0.646 bits per heavy atom. The first kappa shape index (κ1) is 26.9. The lowest BCUT2D eigenvalue weighted by Gasteiger charge is -2.23. The summed E-state index contributed by atoms with van der Waals surface area (Å²) in [5.41, 5.74) is 7.60. The minimum Gasteiger partial charge on any atom is -0.0622 e. The summed E-state index contributed by atoms with van der Waals surface area (Å²) < 4.78 is 0. The van der Waals surface area contributed by atoms with Crippen LogP contribution in [0.2, 0.25) is 0 Å². The first-order valence-corrected chi connectivity index (χ1v) is 16.7. The molecule has 10 aromatic carbocycles. The maximum atomic E-state index is 2.36. The predicted octanol–water partition coefficient (Wildman–Crippen LogP) is 13.6. The van der Waals surface area contributed by atoms with E-state index in [1.54, 1.807) is 0 Å². The third kappa shape index (κ3) is 3.90. The second-order valence-corrected chi connectivity index (χ2v) is 12.7. The quantitative estimate of drug-likeness (QED) is 0.139. The fourth-order valence-electron chi connectivity index (χ4n) is 8.24. The van der Waals surface area contributed by atoms with Crippen molar-refractivity contribution in [2.75, 3.05) is 0 Å². The highest BCUT2D eigenvalue weighted by molar-refractivity contribution is 6.33. The summed E-state index contributed by atoms with van der Waals surface area (Å²) in [5, 5.41) is 15.3. The monoisotopic (exact) mass is 606 g/mol. The number of benzene rings is 10. The van der Waals surface area contributed by atoms with Crippen molar-refractivity contribution in [2.24, 2.45) is 0 Å². The van der Waals surface area contributed by atoms with Crippen LogP contribution in [0, 0.1) is 0 Å². The van der Waals surface area contributed by atoms with Crippen LogP contribution in [0.25, 0.3) is 98.0 Å². The molecule has 0 fully saturated rings. The van der Waals surface area contributed by atoms with Crippen LogP contribution in [0.5, 0.6) is 0 Å². The van der Waals surface area contributed by atoms with E-state index < -0.39 is 0 Å². The van der Waals surface area contributed by atoms with Crippen LogP contribution >= 0.6 is 0 Å². The summed E-state index contributed by atoms with van der Waals surface area (Å²) >= 11 is 0. The highest BCUT2D eigenvalue weighted by atomic mass is 14.3. The van der Waals surface area contributed by atoms with E-state index in [-0.39, 0.29) is 0 Å². The van der Waals surface area contributed by atoms with E-state index in [1.165, 1.54) is 98.0 Å². The maximum absolute atomic E-state index is 2.36. The van der Waals surface area contributed by atoms with Crippen LogP contribution in [-0.4, -0.2) is 0 Å². The average molecular weight is 607 g/mol. The van der Waals surface area contributed by atoms with E-state index in [9.17, 15) is 0 Å². The number of fused-ring (bicyclic) bond motifs is 9. The molecule has 0 bridgehead atoms. The van der Waals surface area contributed by atoms with E-state index >= 15 is 0 Å². The molecule has 0 saturated heterocycles. The van der Waals surface area contributed by atoms with Crippen molar-refractivity contribution >= 4 is 64.6 Å². The zero-order valence-corrected chi connectivity index (χ0v) is 26.3. The lowest BCUT2D eigenvalue weighted by Crippen LogP contribution is -1.95. The van der Waals surface area contributed by atoms with Crippen molar-refractivity contribution in [1.29, 1.82) is 0 Å². The summed E-state index contributed by atoms with van der Waals surface area (Å²) in [5.74, 6) is 0. The maximum Gasteiger partial charge on any atom is -0.000785 e. The highest BCUT2D eigenvalue weighted by Gasteiger charge is 2.23. The largest absolute Gasteiger partial charge is 0.0622 e. The molecule has 0 unspecified atom stereocenters. The van der Waals surface area contributed by atoms with E-state index in [0.717, 1.165) is 0 Å². The Balaban J connectivity index is 1.47. The molecule has 0 radical (unpaired) electrons. The third-order valence-electron chi connectivity index (χ3n) is 10.2. The van der Waals surface area contributed by atoms with Gasteiger partial charge in [0.1, 0.15) is 0 Å². The Hall–Kier alpha value is -6.24. The summed E-state index contributed by atoms with van der Waals surface area (Å²) in [6, 6.07) is 67.1. The molecule has 10 aromatic rings. The second-order valence-electron chi connectivity index (χ2n) is 12.7. The Labute approximate surface area is 279 Å². The van der Waals surface area contributed by atoms with E-state index in [2.05, 4.69) is 182 Å². The van der Waals surface area contributed by atoms with Crippen molar-refractivity contribution < 1.29 is 0 Å². The smallest absolute Gasteiger partial charge is 0.000785 e. The van der Waals surface area contributed by atoms with Gasteiger partial charge in [-0.2, -0.15) is 0 Å². The fourth-order valence-corrected chi connectivity index (χ4v) is 8.24. The lowest BCUT2D eigenvalue weighted by atomic mass is 9.80. The molecule has 0 nitrogen and oxygen atoms in total. The first-order chi connectivity index (χ1) is 23.9. The summed E-state index contributed by atoms with van der Waals surface area (Å²) in [6.45, 7) is 0. The van der Waals surface area contributed by atoms with Crippen molar-refractivity contribution in [3.05, 3.63) is 182 Å². The third-order valence-corrected chi connectivity index (χ3v) is 10.2. The predicted molar refractivity (Wildman–Crippen MR) is 208 cm³/mol. The van der Waals surface area contributed by atoms with Crippen LogP contribution in [0.15, 0.2) is 182 Å². The zero-order valence-electron chi connectivity index (χ0n) is 26.3. The standard InChI is InChI=1S/C48H30/c1-2-15-32(16-3-1)34-29-30-44-37-22-7-6-20-35(37)36-21-8-9-23-39(36)46(44)48(34)47-42-26-12-10-24-40(42)45(41-25-11-13-27-43(41)47)38-28-14-18-31-17-4-5-19-33(31)38/h1-30H. The van der Waals surface area contributed by atoms with Gasteiger partial charge in [-0.1, -0.05) is 182 Å². The molecule has 0 aliphatic heterocycles. The molecule has 0 atom stereocenters. The Kier molecular flexibility index (Phi) is 5.98. The second kappa shape index (κ2) is 10.7. The summed E-state index contributed by atoms with van der Waals surface area (Å²) in [4.78, 5) is 0. The molecule has 0 heterocycles. The summed E-state index contributed by atoms with van der Waals surface area (Å²) in [7, 11) is 0. The summed E-state index contributed by atoms with van der Waals surface area (Å²) in [6.07, 6.45) is 0. The van der Waals surface area contributed by atoms with Crippen LogP contribution in [0.4, 0.5) is 0 Å². The van der Waals surface area contributed by atoms with Gasteiger partial charge in [-0.25, -0.2) is 0 Å². The van der Waals surface area contributed by atoms with Crippen molar-refractivity contribution in [3.63, 3.8) is 0 Å². The molecular formula is C48H30. The van der Waals surface area contributed by atoms with Gasteiger partial charge in [0.25, 0.3) is 0 Å². The van der Waals surface area contributed by atoms with E-state index in [4.69, 9.17) is 0 Å². The average Bonchev–Trinajstić information content (AvgIpc) is 3.17. The van der Waals surface area contributed by atoms with Crippen molar-refractivity contribution in [1.82, 2.24) is 0 Å². The first-order valence-electron chi connectivity index (χ1n) is 16.7. The molecule has 0 spiro atoms. The van der Waals surface area contributed by atoms with Gasteiger partial charge in [-0.15, -0.1) is 0 Å². The van der Waals surface area contributed by atoms with Crippen LogP contribution in [-0.2, 0) is 0 Å². The Morgan fingerprint density at radius 1 is 0.208 bits per heavy atom. The topological polar surface area (TPSA) is 0 Å². The number of hydrogen-bond acceptors (Lipinski definition) is 0. The fraction of sp³-hybridized carbons (Fsp3) is 0.